The van der Waals surface area contributed by atoms with Crippen molar-refractivity contribution in [2.45, 2.75) is 32.6 Å². The molecule has 3 N–H and O–H groups in total. The Hall–Kier alpha value is -1.25. The number of hydrogen-bond donors (Lipinski definition) is 2. The Morgan fingerprint density at radius 3 is 2.69 bits per heavy atom. The molecule has 0 saturated heterocycles. The molecule has 0 atom stereocenters. The second-order valence-electron chi connectivity index (χ2n) is 4.80. The third kappa shape index (κ3) is 2.13. The number of nitrogens with two attached hydrogens (primary N) is 1. The van der Waals surface area contributed by atoms with Crippen LogP contribution in [0.2, 0.25) is 0 Å². The van der Waals surface area contributed by atoms with E-state index in [0.717, 1.165) is 13.0 Å². The van der Waals surface area contributed by atoms with Crippen molar-refractivity contribution < 1.29 is 4.39 Å². The van der Waals surface area contributed by atoms with Gasteiger partial charge in [0.15, 0.2) is 0 Å². The molecule has 1 saturated carbocycles. The van der Waals surface area contributed by atoms with Crippen molar-refractivity contribution in [3.63, 3.8) is 0 Å². The van der Waals surface area contributed by atoms with Gasteiger partial charge >= 0.3 is 0 Å². The molecule has 1 fully saturated rings. The van der Waals surface area contributed by atoms with E-state index in [1.807, 2.05) is 0 Å². The summed E-state index contributed by atoms with van der Waals surface area (Å²) in [5.74, 6) is -0.259. The zero-order valence-corrected chi connectivity index (χ0v) is 9.72. The van der Waals surface area contributed by atoms with Crippen molar-refractivity contribution in [2.75, 3.05) is 17.6 Å². The van der Waals surface area contributed by atoms with Gasteiger partial charge in [-0.2, -0.15) is 0 Å². The normalized spacial score (nSPS) is 17.9. The molecule has 16 heavy (non-hydrogen) atoms. The Labute approximate surface area is 96.0 Å². The summed E-state index contributed by atoms with van der Waals surface area (Å²) in [7, 11) is 0. The molecule has 0 bridgehead atoms. The van der Waals surface area contributed by atoms with Crippen LogP contribution in [0.1, 0.15) is 32.6 Å². The highest BCUT2D eigenvalue weighted by Gasteiger charge is 2.34. The average molecular weight is 222 g/mol. The first-order valence-corrected chi connectivity index (χ1v) is 5.94. The van der Waals surface area contributed by atoms with Gasteiger partial charge in [-0.15, -0.1) is 0 Å². The van der Waals surface area contributed by atoms with Crippen LogP contribution in [-0.2, 0) is 0 Å². The highest BCUT2D eigenvalue weighted by atomic mass is 19.1. The van der Waals surface area contributed by atoms with Gasteiger partial charge in [-0.25, -0.2) is 4.39 Å². The standard InChI is InChI=1S/C13H19FN2/c1-2-13(6-3-7-13)9-16-12-5-4-10(15)8-11(12)14/h4-5,8,16H,2-3,6-7,9,15H2,1H3. The lowest BCUT2D eigenvalue weighted by atomic mass is 9.67. The molecule has 1 aromatic rings. The molecule has 0 radical (unpaired) electrons. The summed E-state index contributed by atoms with van der Waals surface area (Å²) in [6.07, 6.45) is 4.98. The lowest BCUT2D eigenvalue weighted by Crippen LogP contribution is -2.36. The minimum absolute atomic E-state index is 0.259. The van der Waals surface area contributed by atoms with E-state index in [9.17, 15) is 4.39 Å². The Morgan fingerprint density at radius 2 is 2.19 bits per heavy atom. The summed E-state index contributed by atoms with van der Waals surface area (Å²) in [4.78, 5) is 0. The Bertz CT molecular complexity index is 367. The van der Waals surface area contributed by atoms with Crippen LogP contribution in [0, 0.1) is 11.2 Å². The van der Waals surface area contributed by atoms with Crippen molar-refractivity contribution in [1.29, 1.82) is 0 Å². The Morgan fingerprint density at radius 1 is 1.44 bits per heavy atom. The molecular weight excluding hydrogens is 203 g/mol. The zero-order valence-electron chi connectivity index (χ0n) is 9.72. The molecule has 1 aliphatic rings. The van der Waals surface area contributed by atoms with E-state index >= 15 is 0 Å². The third-order valence-electron chi connectivity index (χ3n) is 3.81. The van der Waals surface area contributed by atoms with Gasteiger partial charge in [0.2, 0.25) is 0 Å². The van der Waals surface area contributed by atoms with Gasteiger partial charge in [0.25, 0.3) is 0 Å². The third-order valence-corrected chi connectivity index (χ3v) is 3.81. The first kappa shape index (κ1) is 11.2. The maximum atomic E-state index is 13.5. The van der Waals surface area contributed by atoms with Gasteiger partial charge in [0, 0.05) is 12.2 Å². The smallest absolute Gasteiger partial charge is 0.148 e. The molecule has 88 valence electrons. The van der Waals surface area contributed by atoms with Crippen molar-refractivity contribution in [3.05, 3.63) is 24.0 Å². The highest BCUT2D eigenvalue weighted by molar-refractivity contribution is 5.52. The van der Waals surface area contributed by atoms with Crippen molar-refractivity contribution >= 4 is 11.4 Å². The molecule has 0 aromatic heterocycles. The summed E-state index contributed by atoms with van der Waals surface area (Å²) >= 11 is 0. The molecule has 0 amide bonds. The lowest BCUT2D eigenvalue weighted by molar-refractivity contribution is 0.145. The monoisotopic (exact) mass is 222 g/mol. The molecule has 0 aliphatic heterocycles. The topological polar surface area (TPSA) is 38.0 Å². The predicted molar refractivity (Wildman–Crippen MR) is 65.9 cm³/mol. The maximum absolute atomic E-state index is 13.5. The second-order valence-corrected chi connectivity index (χ2v) is 4.80. The van der Waals surface area contributed by atoms with Crippen LogP contribution in [-0.4, -0.2) is 6.54 Å². The fourth-order valence-electron chi connectivity index (χ4n) is 2.29. The highest BCUT2D eigenvalue weighted by Crippen LogP contribution is 2.43. The van der Waals surface area contributed by atoms with E-state index in [1.165, 1.54) is 25.3 Å². The van der Waals surface area contributed by atoms with Crippen molar-refractivity contribution in [2.24, 2.45) is 5.41 Å². The van der Waals surface area contributed by atoms with E-state index in [2.05, 4.69) is 12.2 Å². The fourth-order valence-corrected chi connectivity index (χ4v) is 2.29. The van der Waals surface area contributed by atoms with E-state index in [0.29, 0.717) is 16.8 Å². The van der Waals surface area contributed by atoms with Gasteiger partial charge in [0.05, 0.1) is 5.69 Å². The molecule has 2 nitrogen and oxygen atoms in total. The molecule has 0 spiro atoms. The van der Waals surface area contributed by atoms with Gasteiger partial charge in [-0.3, -0.25) is 0 Å². The van der Waals surface area contributed by atoms with E-state index in [-0.39, 0.29) is 5.82 Å². The maximum Gasteiger partial charge on any atom is 0.148 e. The Balaban J connectivity index is 1.99. The summed E-state index contributed by atoms with van der Waals surface area (Å²) in [6, 6.07) is 4.80. The number of halogens is 1. The summed E-state index contributed by atoms with van der Waals surface area (Å²) in [5, 5.41) is 3.20. The molecule has 1 aliphatic carbocycles. The van der Waals surface area contributed by atoms with Crippen LogP contribution in [0.3, 0.4) is 0 Å². The van der Waals surface area contributed by atoms with E-state index < -0.39 is 0 Å². The van der Waals surface area contributed by atoms with Crippen LogP contribution in [0.15, 0.2) is 18.2 Å². The van der Waals surface area contributed by atoms with E-state index in [4.69, 9.17) is 5.73 Å². The molecular formula is C13H19FN2. The van der Waals surface area contributed by atoms with Crippen LogP contribution >= 0.6 is 0 Å². The number of hydrogen-bond acceptors (Lipinski definition) is 2. The van der Waals surface area contributed by atoms with Crippen LogP contribution in [0.5, 0.6) is 0 Å². The zero-order chi connectivity index (χ0) is 11.6. The van der Waals surface area contributed by atoms with E-state index in [1.54, 1.807) is 12.1 Å². The molecule has 3 heteroatoms. The summed E-state index contributed by atoms with van der Waals surface area (Å²) in [6.45, 7) is 3.07. The number of benzene rings is 1. The molecule has 0 heterocycles. The second kappa shape index (κ2) is 4.32. The summed E-state index contributed by atoms with van der Waals surface area (Å²) < 4.78 is 13.5. The van der Waals surface area contributed by atoms with Gasteiger partial charge < -0.3 is 11.1 Å². The number of anilines is 2. The molecule has 2 rings (SSSR count). The first-order valence-electron chi connectivity index (χ1n) is 5.94. The average Bonchev–Trinajstić information content (AvgIpc) is 2.19. The van der Waals surface area contributed by atoms with Crippen molar-refractivity contribution in [1.82, 2.24) is 0 Å². The van der Waals surface area contributed by atoms with Gasteiger partial charge in [0.1, 0.15) is 5.82 Å². The largest absolute Gasteiger partial charge is 0.399 e. The quantitative estimate of drug-likeness (QED) is 0.766. The number of nitrogens with one attached hydrogen (secondary N) is 1. The van der Waals surface area contributed by atoms with Crippen molar-refractivity contribution in [3.8, 4) is 0 Å². The SMILES string of the molecule is CCC1(CNc2ccc(N)cc2F)CCC1. The number of nitrogen functional groups attached to an aromatic ring is 1. The molecule has 0 unspecified atom stereocenters. The van der Waals surface area contributed by atoms with Crippen LogP contribution < -0.4 is 11.1 Å². The summed E-state index contributed by atoms with van der Waals surface area (Å²) in [5.41, 5.74) is 6.94. The van der Waals surface area contributed by atoms with Gasteiger partial charge in [-0.05, 0) is 42.9 Å². The Kier molecular flexibility index (Phi) is 3.03. The van der Waals surface area contributed by atoms with Crippen LogP contribution in [0.25, 0.3) is 0 Å². The predicted octanol–water partition coefficient (Wildman–Crippen LogP) is 3.40. The lowest BCUT2D eigenvalue weighted by Gasteiger charge is -2.41. The molecule has 1 aromatic carbocycles. The number of rotatable bonds is 4. The fraction of sp³-hybridized carbons (Fsp3) is 0.538. The van der Waals surface area contributed by atoms with Gasteiger partial charge in [-0.1, -0.05) is 13.3 Å². The first-order chi connectivity index (χ1) is 7.65. The minimum Gasteiger partial charge on any atom is -0.399 e. The van der Waals surface area contributed by atoms with Crippen LogP contribution in [0.4, 0.5) is 15.8 Å². The minimum atomic E-state index is -0.259.